The zero-order valence-corrected chi connectivity index (χ0v) is 20.2. The van der Waals surface area contributed by atoms with Crippen molar-refractivity contribution in [2.75, 3.05) is 13.1 Å². The van der Waals surface area contributed by atoms with Crippen LogP contribution in [0.15, 0.2) is 90.9 Å². The van der Waals surface area contributed by atoms with Crippen molar-refractivity contribution in [3.05, 3.63) is 114 Å². The van der Waals surface area contributed by atoms with Gasteiger partial charge in [0.15, 0.2) is 5.69 Å². The molecule has 4 aromatic rings. The Kier molecular flexibility index (Phi) is 6.20. The highest BCUT2D eigenvalue weighted by Crippen LogP contribution is 2.27. The van der Waals surface area contributed by atoms with Gasteiger partial charge in [-0.05, 0) is 84.6 Å². The van der Waals surface area contributed by atoms with E-state index >= 15 is 0 Å². The quantitative estimate of drug-likeness (QED) is 0.367. The molecule has 6 nitrogen and oxygen atoms in total. The fraction of sp³-hybridized carbons (Fsp3) is 0.167. The summed E-state index contributed by atoms with van der Waals surface area (Å²) in [4.78, 5) is 20.1. The maximum Gasteiger partial charge on any atom is 0.276 e. The van der Waals surface area contributed by atoms with E-state index in [0.717, 1.165) is 52.8 Å². The highest BCUT2D eigenvalue weighted by molar-refractivity contribution is 6.06. The number of hydrogen-bond donors (Lipinski definition) is 2. The summed E-state index contributed by atoms with van der Waals surface area (Å²) in [5.41, 5.74) is 6.91. The molecule has 1 aliphatic carbocycles. The third-order valence-electron chi connectivity index (χ3n) is 6.81. The Morgan fingerprint density at radius 2 is 1.81 bits per heavy atom. The maximum atomic E-state index is 13.3. The molecule has 0 atom stereocenters. The number of aromatic nitrogens is 3. The van der Waals surface area contributed by atoms with Gasteiger partial charge in [0.1, 0.15) is 5.82 Å². The number of likely N-dealkylation sites (tertiary alicyclic amines) is 1. The molecular weight excluding hydrogens is 465 g/mol. The summed E-state index contributed by atoms with van der Waals surface area (Å²) in [5.74, 6) is -0.549. The molecule has 6 rings (SSSR count). The number of amides is 1. The molecule has 2 N–H and O–H groups in total. The van der Waals surface area contributed by atoms with Gasteiger partial charge in [0, 0.05) is 35.6 Å². The molecule has 2 aliphatic rings. The molecule has 2 aromatic carbocycles. The first kappa shape index (κ1) is 23.1. The topological polar surface area (TPSA) is 73.9 Å². The van der Waals surface area contributed by atoms with Crippen molar-refractivity contribution in [3.63, 3.8) is 0 Å². The number of hydrogen-bond acceptors (Lipinski definition) is 4. The SMILES string of the molecule is O=C(NC1=CCC=C(c2ccc(F)cc2)C=C1)c1n[nH]c2ccc(-c3cncc(CN4CCC4)c3)cc12. The second kappa shape index (κ2) is 9.95. The molecule has 0 bridgehead atoms. The van der Waals surface area contributed by atoms with Gasteiger partial charge in [-0.1, -0.05) is 36.4 Å². The Hall–Kier alpha value is -4.36. The van der Waals surface area contributed by atoms with E-state index in [0.29, 0.717) is 17.8 Å². The van der Waals surface area contributed by atoms with Crippen molar-refractivity contribution in [1.29, 1.82) is 0 Å². The maximum absolute atomic E-state index is 13.3. The number of rotatable bonds is 6. The van der Waals surface area contributed by atoms with Gasteiger partial charge in [0.05, 0.1) is 5.52 Å². The van der Waals surface area contributed by atoms with Crippen LogP contribution in [0.4, 0.5) is 4.39 Å². The molecule has 184 valence electrons. The van der Waals surface area contributed by atoms with E-state index in [9.17, 15) is 9.18 Å². The molecule has 1 saturated heterocycles. The van der Waals surface area contributed by atoms with Crippen molar-refractivity contribution in [1.82, 2.24) is 25.4 Å². The second-order valence-electron chi connectivity index (χ2n) is 9.39. The first-order chi connectivity index (χ1) is 18.1. The molecule has 2 aromatic heterocycles. The number of aromatic amines is 1. The molecule has 1 aliphatic heterocycles. The van der Waals surface area contributed by atoms with Gasteiger partial charge in [0.25, 0.3) is 5.91 Å². The van der Waals surface area contributed by atoms with E-state index in [1.165, 1.54) is 24.1 Å². The van der Waals surface area contributed by atoms with Crippen molar-refractivity contribution in [3.8, 4) is 11.1 Å². The number of pyridine rings is 1. The molecule has 1 amide bonds. The zero-order chi connectivity index (χ0) is 25.2. The Bertz CT molecular complexity index is 1560. The number of benzene rings is 2. The van der Waals surface area contributed by atoms with E-state index in [-0.39, 0.29) is 11.7 Å². The van der Waals surface area contributed by atoms with Crippen LogP contribution >= 0.6 is 0 Å². The smallest absolute Gasteiger partial charge is 0.276 e. The number of H-pyrrole nitrogens is 1. The van der Waals surface area contributed by atoms with Crippen LogP contribution in [-0.4, -0.2) is 39.1 Å². The average Bonchev–Trinajstić information content (AvgIpc) is 3.18. The molecule has 3 heterocycles. The van der Waals surface area contributed by atoms with E-state index < -0.39 is 0 Å². The highest BCUT2D eigenvalue weighted by atomic mass is 19.1. The van der Waals surface area contributed by atoms with Crippen LogP contribution < -0.4 is 5.32 Å². The number of halogens is 1. The minimum Gasteiger partial charge on any atom is -0.321 e. The van der Waals surface area contributed by atoms with Gasteiger partial charge >= 0.3 is 0 Å². The fourth-order valence-electron chi connectivity index (χ4n) is 4.66. The van der Waals surface area contributed by atoms with E-state index in [1.807, 2.05) is 54.9 Å². The second-order valence-corrected chi connectivity index (χ2v) is 9.39. The molecular formula is C30H26FN5O. The monoisotopic (exact) mass is 491 g/mol. The summed E-state index contributed by atoms with van der Waals surface area (Å²) in [7, 11) is 0. The summed E-state index contributed by atoms with van der Waals surface area (Å²) in [6.45, 7) is 3.18. The van der Waals surface area contributed by atoms with Gasteiger partial charge in [-0.25, -0.2) is 4.39 Å². The average molecular weight is 492 g/mol. The van der Waals surface area contributed by atoms with E-state index in [2.05, 4.69) is 31.5 Å². The predicted octanol–water partition coefficient (Wildman–Crippen LogP) is 5.63. The van der Waals surface area contributed by atoms with Crippen LogP contribution in [0.2, 0.25) is 0 Å². The first-order valence-electron chi connectivity index (χ1n) is 12.4. The number of nitrogens with one attached hydrogen (secondary N) is 2. The number of carbonyl (C=O) groups excluding carboxylic acids is 1. The number of carbonyl (C=O) groups is 1. The van der Waals surface area contributed by atoms with Crippen LogP contribution in [0.5, 0.6) is 0 Å². The molecule has 0 spiro atoms. The molecule has 0 saturated carbocycles. The van der Waals surface area contributed by atoms with Crippen molar-refractivity contribution in [2.24, 2.45) is 0 Å². The normalized spacial score (nSPS) is 15.6. The molecule has 7 heteroatoms. The minimum atomic E-state index is -0.283. The Morgan fingerprint density at radius 3 is 2.62 bits per heavy atom. The first-order valence-corrected chi connectivity index (χ1v) is 12.4. The third kappa shape index (κ3) is 4.99. The zero-order valence-electron chi connectivity index (χ0n) is 20.2. The molecule has 1 fully saturated rings. The summed E-state index contributed by atoms with van der Waals surface area (Å²) >= 11 is 0. The van der Waals surface area contributed by atoms with Crippen LogP contribution in [0.3, 0.4) is 0 Å². The lowest BCUT2D eigenvalue weighted by molar-refractivity contribution is 0.0963. The summed E-state index contributed by atoms with van der Waals surface area (Å²) in [6, 6.07) is 14.5. The summed E-state index contributed by atoms with van der Waals surface area (Å²) in [5, 5.41) is 11.0. The van der Waals surface area contributed by atoms with Gasteiger partial charge in [-0.3, -0.25) is 19.8 Å². The fourth-order valence-corrected chi connectivity index (χ4v) is 4.66. The lowest BCUT2D eigenvalue weighted by atomic mass is 10.0. The number of nitrogens with zero attached hydrogens (tertiary/aromatic N) is 3. The lowest BCUT2D eigenvalue weighted by Crippen LogP contribution is -2.36. The van der Waals surface area contributed by atoms with E-state index in [4.69, 9.17) is 0 Å². The Morgan fingerprint density at radius 1 is 0.973 bits per heavy atom. The van der Waals surface area contributed by atoms with Crippen LogP contribution in [0.25, 0.3) is 27.6 Å². The number of allylic oxidation sites excluding steroid dienone is 5. The standard InChI is InChI=1S/C30H26FN5O/c31-25-9-5-22(6-10-25)21-3-1-4-26(11-7-21)33-30(37)29-27-16-23(8-12-28(27)34-35-29)24-15-20(17-32-18-24)19-36-13-2-14-36/h3-12,15-18H,1-2,13-14,19H2,(H,33,37)(H,34,35). The highest BCUT2D eigenvalue weighted by Gasteiger charge is 2.17. The van der Waals surface area contributed by atoms with E-state index in [1.54, 1.807) is 12.1 Å². The van der Waals surface area contributed by atoms with Gasteiger partial charge in [-0.15, -0.1) is 0 Å². The molecule has 0 unspecified atom stereocenters. The van der Waals surface area contributed by atoms with Gasteiger partial charge < -0.3 is 5.32 Å². The predicted molar refractivity (Wildman–Crippen MR) is 143 cm³/mol. The van der Waals surface area contributed by atoms with Crippen molar-refractivity contribution < 1.29 is 9.18 Å². The van der Waals surface area contributed by atoms with Crippen LogP contribution in [0.1, 0.15) is 34.5 Å². The summed E-state index contributed by atoms with van der Waals surface area (Å²) < 4.78 is 13.3. The van der Waals surface area contributed by atoms with Crippen LogP contribution in [0, 0.1) is 5.82 Å². The minimum absolute atomic E-state index is 0.266. The van der Waals surface area contributed by atoms with Gasteiger partial charge in [0.2, 0.25) is 0 Å². The van der Waals surface area contributed by atoms with Crippen LogP contribution in [-0.2, 0) is 6.54 Å². The largest absolute Gasteiger partial charge is 0.321 e. The Balaban J connectivity index is 1.20. The lowest BCUT2D eigenvalue weighted by Gasteiger charge is -2.30. The number of fused-ring (bicyclic) bond motifs is 1. The molecule has 0 radical (unpaired) electrons. The van der Waals surface area contributed by atoms with Gasteiger partial charge in [-0.2, -0.15) is 5.10 Å². The summed E-state index contributed by atoms with van der Waals surface area (Å²) in [6.07, 6.45) is 13.4. The molecule has 37 heavy (non-hydrogen) atoms. The van der Waals surface area contributed by atoms with Crippen molar-refractivity contribution >= 4 is 22.4 Å². The van der Waals surface area contributed by atoms with Crippen molar-refractivity contribution in [2.45, 2.75) is 19.4 Å². The Labute approximate surface area is 214 Å². The third-order valence-corrected chi connectivity index (χ3v) is 6.81.